The molecule has 1 aliphatic rings. The normalized spacial score (nSPS) is 18.7. The zero-order chi connectivity index (χ0) is 18.9. The molecule has 26 heavy (non-hydrogen) atoms. The van der Waals surface area contributed by atoms with Crippen LogP contribution in [0, 0.1) is 26.7 Å². The average Bonchev–Trinajstić information content (AvgIpc) is 2.96. The summed E-state index contributed by atoms with van der Waals surface area (Å²) < 4.78 is 27.4. The maximum absolute atomic E-state index is 13.0. The average molecular weight is 376 g/mol. The summed E-state index contributed by atoms with van der Waals surface area (Å²) in [6.45, 7) is 5.94. The van der Waals surface area contributed by atoms with E-state index in [-0.39, 0.29) is 23.3 Å². The van der Waals surface area contributed by atoms with E-state index in [1.54, 1.807) is 13.8 Å². The largest absolute Gasteiger partial charge is 0.326 e. The predicted octanol–water partition coefficient (Wildman–Crippen LogP) is 2.37. The monoisotopic (exact) mass is 376 g/mol. The lowest BCUT2D eigenvalue weighted by atomic mass is 9.98. The number of carbonyl (C=O) groups is 1. The van der Waals surface area contributed by atoms with Crippen LogP contribution in [0.3, 0.4) is 0 Å². The highest BCUT2D eigenvalue weighted by Gasteiger charge is 2.35. The third-order valence-corrected chi connectivity index (χ3v) is 6.86. The molecule has 0 aliphatic carbocycles. The lowest BCUT2D eigenvalue weighted by Crippen LogP contribution is -2.43. The first-order chi connectivity index (χ1) is 12.3. The number of hydrogen-bond donors (Lipinski definition) is 2. The van der Waals surface area contributed by atoms with E-state index in [9.17, 15) is 13.2 Å². The van der Waals surface area contributed by atoms with E-state index in [0.717, 1.165) is 11.3 Å². The molecule has 2 heterocycles. The number of aryl methyl sites for hydroxylation is 3. The third-order valence-electron chi connectivity index (χ3n) is 4.73. The van der Waals surface area contributed by atoms with Crippen molar-refractivity contribution in [3.05, 3.63) is 41.2 Å². The Balaban J connectivity index is 1.74. The van der Waals surface area contributed by atoms with Crippen molar-refractivity contribution in [3.8, 4) is 0 Å². The van der Waals surface area contributed by atoms with Crippen LogP contribution in [0.4, 0.5) is 5.69 Å². The molecule has 140 valence electrons. The summed E-state index contributed by atoms with van der Waals surface area (Å²) in [5.74, 6) is -0.512. The number of piperidine rings is 1. The van der Waals surface area contributed by atoms with Crippen molar-refractivity contribution in [1.29, 1.82) is 0 Å². The number of carbonyl (C=O) groups excluding carboxylic acids is 1. The van der Waals surface area contributed by atoms with Gasteiger partial charge >= 0.3 is 0 Å². The quantitative estimate of drug-likeness (QED) is 0.856. The highest BCUT2D eigenvalue weighted by atomic mass is 32.2. The van der Waals surface area contributed by atoms with Gasteiger partial charge in [0.1, 0.15) is 4.90 Å². The Morgan fingerprint density at radius 2 is 1.92 bits per heavy atom. The molecule has 1 fully saturated rings. The number of anilines is 1. The number of hydrogen-bond acceptors (Lipinski definition) is 4. The second-order valence-electron chi connectivity index (χ2n) is 6.82. The van der Waals surface area contributed by atoms with Gasteiger partial charge in [0.05, 0.1) is 17.3 Å². The van der Waals surface area contributed by atoms with Crippen LogP contribution in [0.5, 0.6) is 0 Å². The molecule has 0 bridgehead atoms. The van der Waals surface area contributed by atoms with Gasteiger partial charge in [-0.15, -0.1) is 0 Å². The summed E-state index contributed by atoms with van der Waals surface area (Å²) in [5, 5.41) is 9.59. The summed E-state index contributed by atoms with van der Waals surface area (Å²) in [6.07, 6.45) is 1.33. The highest BCUT2D eigenvalue weighted by Crippen LogP contribution is 2.27. The number of amides is 1. The van der Waals surface area contributed by atoms with Crippen LogP contribution in [-0.2, 0) is 14.8 Å². The van der Waals surface area contributed by atoms with Crippen molar-refractivity contribution in [1.82, 2.24) is 14.5 Å². The fraction of sp³-hybridized carbons (Fsp3) is 0.444. The van der Waals surface area contributed by atoms with E-state index in [4.69, 9.17) is 0 Å². The first-order valence-electron chi connectivity index (χ1n) is 8.68. The van der Waals surface area contributed by atoms with Gasteiger partial charge in [0.2, 0.25) is 15.9 Å². The van der Waals surface area contributed by atoms with Crippen LogP contribution in [0.2, 0.25) is 0 Å². The van der Waals surface area contributed by atoms with Crippen LogP contribution >= 0.6 is 0 Å². The van der Waals surface area contributed by atoms with E-state index < -0.39 is 10.0 Å². The van der Waals surface area contributed by atoms with E-state index in [0.29, 0.717) is 30.8 Å². The number of benzene rings is 1. The summed E-state index contributed by atoms with van der Waals surface area (Å²) in [7, 11) is -3.67. The zero-order valence-electron chi connectivity index (χ0n) is 15.2. The number of nitrogens with zero attached hydrogens (tertiary/aromatic N) is 2. The summed E-state index contributed by atoms with van der Waals surface area (Å²) in [4.78, 5) is 12.8. The molecule has 0 saturated carbocycles. The molecule has 1 atom stereocenters. The minimum absolute atomic E-state index is 0.144. The van der Waals surface area contributed by atoms with E-state index >= 15 is 0 Å². The van der Waals surface area contributed by atoms with Crippen molar-refractivity contribution < 1.29 is 13.2 Å². The molecule has 0 spiro atoms. The molecule has 0 unspecified atom stereocenters. The second-order valence-corrected chi connectivity index (χ2v) is 8.70. The molecule has 8 heteroatoms. The summed E-state index contributed by atoms with van der Waals surface area (Å²) in [5.41, 5.74) is 2.81. The Morgan fingerprint density at radius 1 is 1.23 bits per heavy atom. The van der Waals surface area contributed by atoms with Crippen molar-refractivity contribution in [3.63, 3.8) is 0 Å². The van der Waals surface area contributed by atoms with Crippen LogP contribution in [0.25, 0.3) is 0 Å². The number of aromatic nitrogens is 2. The van der Waals surface area contributed by atoms with Gasteiger partial charge in [-0.25, -0.2) is 8.42 Å². The van der Waals surface area contributed by atoms with Gasteiger partial charge in [-0.3, -0.25) is 9.89 Å². The van der Waals surface area contributed by atoms with Gasteiger partial charge in [0.25, 0.3) is 0 Å². The minimum atomic E-state index is -3.67. The molecule has 0 radical (unpaired) electrons. The number of rotatable bonds is 4. The Hall–Kier alpha value is -2.19. The van der Waals surface area contributed by atoms with Gasteiger partial charge in [0.15, 0.2) is 0 Å². The first kappa shape index (κ1) is 18.6. The van der Waals surface area contributed by atoms with Crippen LogP contribution in [0.15, 0.2) is 29.2 Å². The zero-order valence-corrected chi connectivity index (χ0v) is 16.1. The maximum atomic E-state index is 13.0. The van der Waals surface area contributed by atoms with E-state index in [1.165, 1.54) is 4.31 Å². The van der Waals surface area contributed by atoms with Crippen LogP contribution in [0.1, 0.15) is 29.8 Å². The van der Waals surface area contributed by atoms with Crippen molar-refractivity contribution in [2.24, 2.45) is 5.92 Å². The van der Waals surface area contributed by atoms with Gasteiger partial charge in [-0.2, -0.15) is 9.40 Å². The number of nitrogens with one attached hydrogen (secondary N) is 2. The van der Waals surface area contributed by atoms with Gasteiger partial charge < -0.3 is 5.32 Å². The molecule has 1 amide bonds. The Bertz CT molecular complexity index is 884. The lowest BCUT2D eigenvalue weighted by molar-refractivity contribution is -0.120. The standard InChI is InChI=1S/C18H24N4O3S/c1-12-6-8-16(9-7-12)19-18(23)15-5-4-10-22(11-15)26(24,25)17-13(2)20-21-14(17)3/h6-9,15H,4-5,10-11H2,1-3H3,(H,19,23)(H,20,21)/t15-/m0/s1. The van der Waals surface area contributed by atoms with E-state index in [1.807, 2.05) is 31.2 Å². The number of sulfonamides is 1. The number of aromatic amines is 1. The van der Waals surface area contributed by atoms with Crippen LogP contribution < -0.4 is 5.32 Å². The predicted molar refractivity (Wildman–Crippen MR) is 99.4 cm³/mol. The number of H-pyrrole nitrogens is 1. The lowest BCUT2D eigenvalue weighted by Gasteiger charge is -2.31. The highest BCUT2D eigenvalue weighted by molar-refractivity contribution is 7.89. The third kappa shape index (κ3) is 3.66. The minimum Gasteiger partial charge on any atom is -0.326 e. The molecule has 3 rings (SSSR count). The Labute approximate surface area is 153 Å². The molecule has 1 aliphatic heterocycles. The van der Waals surface area contributed by atoms with Crippen molar-refractivity contribution in [2.45, 2.75) is 38.5 Å². The smallest absolute Gasteiger partial charge is 0.246 e. The maximum Gasteiger partial charge on any atom is 0.246 e. The summed E-state index contributed by atoms with van der Waals surface area (Å²) >= 11 is 0. The molecule has 2 N–H and O–H groups in total. The first-order valence-corrected chi connectivity index (χ1v) is 10.1. The fourth-order valence-electron chi connectivity index (χ4n) is 3.31. The van der Waals surface area contributed by atoms with Crippen molar-refractivity contribution >= 4 is 21.6 Å². The SMILES string of the molecule is Cc1ccc(NC(=O)[C@H]2CCCN(S(=O)(=O)c3c(C)n[nH]c3C)C2)cc1. The summed E-state index contributed by atoms with van der Waals surface area (Å²) in [6, 6.07) is 7.56. The molecule has 7 nitrogen and oxygen atoms in total. The Morgan fingerprint density at radius 3 is 2.54 bits per heavy atom. The molecular weight excluding hydrogens is 352 g/mol. The van der Waals surface area contributed by atoms with Crippen molar-refractivity contribution in [2.75, 3.05) is 18.4 Å². The van der Waals surface area contributed by atoms with Gasteiger partial charge in [0, 0.05) is 18.8 Å². The Kier molecular flexibility index (Phi) is 5.15. The molecule has 1 saturated heterocycles. The van der Waals surface area contributed by atoms with Gasteiger partial charge in [-0.05, 0) is 45.7 Å². The van der Waals surface area contributed by atoms with E-state index in [2.05, 4.69) is 15.5 Å². The molecule has 1 aromatic heterocycles. The second kappa shape index (κ2) is 7.20. The topological polar surface area (TPSA) is 95.2 Å². The fourth-order valence-corrected chi connectivity index (χ4v) is 5.16. The van der Waals surface area contributed by atoms with Crippen LogP contribution in [-0.4, -0.2) is 41.9 Å². The molecule has 1 aromatic carbocycles. The molecular formula is C18H24N4O3S. The van der Waals surface area contributed by atoms with Gasteiger partial charge in [-0.1, -0.05) is 17.7 Å². The molecule has 2 aromatic rings.